The molecule has 8 heteroatoms. The second kappa shape index (κ2) is 7.36. The Morgan fingerprint density at radius 1 is 1.07 bits per heavy atom. The first-order valence-corrected chi connectivity index (χ1v) is 10.5. The van der Waals surface area contributed by atoms with Crippen LogP contribution in [0.1, 0.15) is 41.8 Å². The Bertz CT molecular complexity index is 1020. The molecule has 1 aromatic carbocycles. The van der Waals surface area contributed by atoms with Crippen molar-refractivity contribution in [1.82, 2.24) is 0 Å². The summed E-state index contributed by atoms with van der Waals surface area (Å²) in [4.78, 5) is 22.5. The van der Waals surface area contributed by atoms with Crippen LogP contribution in [-0.2, 0) is 4.79 Å². The average Bonchev–Trinajstić information content (AvgIpc) is 3.18. The molecule has 4 rings (SSSR count). The van der Waals surface area contributed by atoms with Gasteiger partial charge in [-0.15, -0.1) is 22.7 Å². The van der Waals surface area contributed by atoms with Gasteiger partial charge in [0.1, 0.15) is 0 Å². The Labute approximate surface area is 163 Å². The summed E-state index contributed by atoms with van der Waals surface area (Å²) in [5, 5.41) is 23.0. The molecular formula is C19H19NO5S2. The third-order valence-electron chi connectivity index (χ3n) is 4.79. The van der Waals surface area contributed by atoms with E-state index < -0.39 is 18.5 Å². The Balaban J connectivity index is 1.79. The van der Waals surface area contributed by atoms with E-state index in [4.69, 9.17) is 9.84 Å². The van der Waals surface area contributed by atoms with Gasteiger partial charge in [-0.1, -0.05) is 31.4 Å². The van der Waals surface area contributed by atoms with Gasteiger partial charge >= 0.3 is 11.9 Å². The van der Waals surface area contributed by atoms with Gasteiger partial charge in [0.15, 0.2) is 17.2 Å². The minimum Gasteiger partial charge on any atom is -0.479 e. The monoisotopic (exact) mass is 405 g/mol. The van der Waals surface area contributed by atoms with Gasteiger partial charge in [-0.2, -0.15) is 0 Å². The van der Waals surface area contributed by atoms with Crippen LogP contribution in [0.5, 0.6) is 5.75 Å². The lowest BCUT2D eigenvalue weighted by Gasteiger charge is -2.24. The van der Waals surface area contributed by atoms with Crippen LogP contribution in [0.4, 0.5) is 5.69 Å². The summed E-state index contributed by atoms with van der Waals surface area (Å²) in [5.74, 6) is -2.07. The Kier molecular flexibility index (Phi) is 4.92. The molecule has 0 atom stereocenters. The van der Waals surface area contributed by atoms with Gasteiger partial charge < -0.3 is 20.3 Å². The van der Waals surface area contributed by atoms with Gasteiger partial charge in [0.05, 0.1) is 19.8 Å². The summed E-state index contributed by atoms with van der Waals surface area (Å²) in [6.07, 6.45) is 6.09. The number of carboxylic acids is 2. The molecule has 0 bridgehead atoms. The van der Waals surface area contributed by atoms with E-state index in [0.717, 1.165) is 44.7 Å². The quantitative estimate of drug-likeness (QED) is 0.533. The van der Waals surface area contributed by atoms with Crippen LogP contribution in [0.25, 0.3) is 19.5 Å². The molecule has 1 saturated carbocycles. The summed E-state index contributed by atoms with van der Waals surface area (Å²) < 4.78 is 7.94. The minimum atomic E-state index is -1.13. The number of aromatic carboxylic acids is 1. The second-order valence-corrected chi connectivity index (χ2v) is 8.71. The summed E-state index contributed by atoms with van der Waals surface area (Å²) in [7, 11) is 0. The van der Waals surface area contributed by atoms with Gasteiger partial charge in [-0.25, -0.2) is 9.59 Å². The fraction of sp³-hybridized carbons (Fsp3) is 0.368. The molecule has 0 aliphatic heterocycles. The highest BCUT2D eigenvalue weighted by Gasteiger charge is 2.25. The van der Waals surface area contributed by atoms with E-state index in [1.165, 1.54) is 30.6 Å². The number of nitrogens with one attached hydrogen (secondary N) is 1. The number of rotatable bonds is 6. The number of ether oxygens (including phenoxy) is 1. The number of anilines is 1. The van der Waals surface area contributed by atoms with Crippen LogP contribution in [-0.4, -0.2) is 34.8 Å². The predicted octanol–water partition coefficient (Wildman–Crippen LogP) is 5.02. The standard InChI is InChI=1S/C19H19NO5S2/c21-13(22)9-25-14-17-16(27-18(14)19(23)24)11-7-4-8-12(15(11)26-17)20-10-5-2-1-3-6-10/h4,7-8,10,20H,1-3,5-6,9H2,(H,21,22)(H,23,24). The van der Waals surface area contributed by atoms with Gasteiger partial charge in [0.2, 0.25) is 0 Å². The van der Waals surface area contributed by atoms with Crippen LogP contribution >= 0.6 is 22.7 Å². The lowest BCUT2D eigenvalue weighted by molar-refractivity contribution is -0.139. The van der Waals surface area contributed by atoms with Crippen molar-refractivity contribution in [1.29, 1.82) is 0 Å². The average molecular weight is 405 g/mol. The van der Waals surface area contributed by atoms with Crippen molar-refractivity contribution in [3.05, 3.63) is 23.1 Å². The van der Waals surface area contributed by atoms with Crippen LogP contribution in [0.15, 0.2) is 18.2 Å². The van der Waals surface area contributed by atoms with Crippen molar-refractivity contribution in [2.45, 2.75) is 38.1 Å². The predicted molar refractivity (Wildman–Crippen MR) is 108 cm³/mol. The first kappa shape index (κ1) is 18.1. The molecule has 2 heterocycles. The summed E-state index contributed by atoms with van der Waals surface area (Å²) in [5.41, 5.74) is 1.05. The number of hydrogen-bond acceptors (Lipinski definition) is 6. The third kappa shape index (κ3) is 3.46. The van der Waals surface area contributed by atoms with Crippen molar-refractivity contribution < 1.29 is 24.5 Å². The van der Waals surface area contributed by atoms with E-state index in [1.807, 2.05) is 18.2 Å². The lowest BCUT2D eigenvalue weighted by Crippen LogP contribution is -2.22. The Morgan fingerprint density at radius 3 is 2.56 bits per heavy atom. The SMILES string of the molecule is O=C(O)COc1c(C(=O)O)sc2c1sc1c(NC3CCCCC3)cccc12. The van der Waals surface area contributed by atoms with Crippen LogP contribution in [0.3, 0.4) is 0 Å². The van der Waals surface area contributed by atoms with E-state index in [9.17, 15) is 14.7 Å². The number of aliphatic carboxylic acids is 1. The number of benzene rings is 1. The number of thiophene rings is 2. The molecule has 1 fully saturated rings. The molecule has 3 N–H and O–H groups in total. The van der Waals surface area contributed by atoms with Gasteiger partial charge in [-0.3, -0.25) is 0 Å². The topological polar surface area (TPSA) is 95.9 Å². The van der Waals surface area contributed by atoms with E-state index >= 15 is 0 Å². The highest BCUT2D eigenvalue weighted by atomic mass is 32.1. The highest BCUT2D eigenvalue weighted by molar-refractivity contribution is 7.34. The van der Waals surface area contributed by atoms with Gasteiger partial charge in [0, 0.05) is 11.4 Å². The second-order valence-electron chi connectivity index (χ2n) is 6.67. The van der Waals surface area contributed by atoms with E-state index in [1.54, 1.807) is 0 Å². The smallest absolute Gasteiger partial charge is 0.349 e. The fourth-order valence-electron chi connectivity index (χ4n) is 3.59. The zero-order valence-electron chi connectivity index (χ0n) is 14.5. The largest absolute Gasteiger partial charge is 0.479 e. The maximum Gasteiger partial charge on any atom is 0.349 e. The van der Waals surface area contributed by atoms with E-state index in [-0.39, 0.29) is 10.6 Å². The lowest BCUT2D eigenvalue weighted by atomic mass is 9.95. The first-order chi connectivity index (χ1) is 13.0. The normalized spacial score (nSPS) is 15.3. The third-order valence-corrected chi connectivity index (χ3v) is 7.34. The Hall–Kier alpha value is -2.32. The molecule has 142 valence electrons. The van der Waals surface area contributed by atoms with Crippen molar-refractivity contribution in [2.75, 3.05) is 11.9 Å². The zero-order valence-corrected chi connectivity index (χ0v) is 16.1. The maximum atomic E-state index is 11.6. The first-order valence-electron chi connectivity index (χ1n) is 8.87. The summed E-state index contributed by atoms with van der Waals surface area (Å²) in [6.45, 7) is -0.562. The van der Waals surface area contributed by atoms with E-state index in [2.05, 4.69) is 5.32 Å². The van der Waals surface area contributed by atoms with Crippen LogP contribution in [0, 0.1) is 0 Å². The van der Waals surface area contributed by atoms with Crippen molar-refractivity contribution in [3.63, 3.8) is 0 Å². The molecule has 0 saturated heterocycles. The maximum absolute atomic E-state index is 11.6. The summed E-state index contributed by atoms with van der Waals surface area (Å²) in [6, 6.07) is 6.45. The molecule has 1 aliphatic carbocycles. The molecule has 3 aromatic rings. The van der Waals surface area contributed by atoms with Crippen LogP contribution < -0.4 is 10.1 Å². The molecule has 1 aliphatic rings. The molecule has 0 unspecified atom stereocenters. The molecular weight excluding hydrogens is 386 g/mol. The molecule has 2 aromatic heterocycles. The summed E-state index contributed by atoms with van der Waals surface area (Å²) >= 11 is 2.60. The molecule has 0 spiro atoms. The van der Waals surface area contributed by atoms with Crippen LogP contribution in [0.2, 0.25) is 0 Å². The van der Waals surface area contributed by atoms with Gasteiger partial charge in [0.25, 0.3) is 0 Å². The van der Waals surface area contributed by atoms with E-state index in [0.29, 0.717) is 10.7 Å². The molecule has 6 nitrogen and oxygen atoms in total. The number of hydrogen-bond donors (Lipinski definition) is 3. The van der Waals surface area contributed by atoms with Gasteiger partial charge in [-0.05, 0) is 18.9 Å². The molecule has 27 heavy (non-hydrogen) atoms. The zero-order chi connectivity index (χ0) is 19.0. The molecule has 0 amide bonds. The number of fused-ring (bicyclic) bond motifs is 3. The highest BCUT2D eigenvalue weighted by Crippen LogP contribution is 2.49. The van der Waals surface area contributed by atoms with Crippen molar-refractivity contribution in [2.24, 2.45) is 0 Å². The number of carboxylic acid groups (broad SMARTS) is 2. The Morgan fingerprint density at radius 2 is 1.85 bits per heavy atom. The van der Waals surface area contributed by atoms with Crippen molar-refractivity contribution >= 4 is 59.8 Å². The number of carbonyl (C=O) groups is 2. The minimum absolute atomic E-state index is 0.0463. The molecule has 0 radical (unpaired) electrons. The van der Waals surface area contributed by atoms with Crippen molar-refractivity contribution in [3.8, 4) is 5.75 Å². The fourth-order valence-corrected chi connectivity index (χ4v) is 6.15.